The first-order valence-electron chi connectivity index (χ1n) is 7.87. The Hall–Kier alpha value is -1.05. The highest BCUT2D eigenvalue weighted by atomic mass is 16.1. The summed E-state index contributed by atoms with van der Waals surface area (Å²) < 4.78 is 0. The monoisotopic (exact) mass is 279 g/mol. The minimum atomic E-state index is -0.00660. The summed E-state index contributed by atoms with van der Waals surface area (Å²) in [5, 5.41) is 2.77. The number of rotatable bonds is 8. The largest absolute Gasteiger partial charge is 0.353 e. The van der Waals surface area contributed by atoms with Gasteiger partial charge in [0.2, 0.25) is 5.91 Å². The molecule has 1 unspecified atom stereocenters. The summed E-state index contributed by atoms with van der Waals surface area (Å²) in [6.07, 6.45) is 10.8. The Morgan fingerprint density at radius 3 is 2.50 bits per heavy atom. The zero-order valence-corrected chi connectivity index (χ0v) is 14.3. The summed E-state index contributed by atoms with van der Waals surface area (Å²) >= 11 is 0. The maximum absolute atomic E-state index is 11.4. The number of amides is 1. The van der Waals surface area contributed by atoms with Gasteiger partial charge in [0, 0.05) is 12.6 Å². The first-order chi connectivity index (χ1) is 9.24. The minimum absolute atomic E-state index is 0.00660. The second kappa shape index (κ2) is 9.79. The van der Waals surface area contributed by atoms with E-state index in [4.69, 9.17) is 0 Å². The summed E-state index contributed by atoms with van der Waals surface area (Å²) in [6.45, 7) is 13.8. The van der Waals surface area contributed by atoms with E-state index in [-0.39, 0.29) is 5.91 Å². The lowest BCUT2D eigenvalue weighted by atomic mass is 9.87. The summed E-state index contributed by atoms with van der Waals surface area (Å²) in [7, 11) is 0. The number of likely N-dealkylation sites (N-methyl/N-ethyl adjacent to an activating group) is 1. The highest BCUT2D eigenvalue weighted by Crippen LogP contribution is 2.24. The fourth-order valence-corrected chi connectivity index (χ4v) is 2.07. The molecule has 0 aromatic carbocycles. The lowest BCUT2D eigenvalue weighted by Crippen LogP contribution is -2.20. The first-order valence-corrected chi connectivity index (χ1v) is 7.87. The van der Waals surface area contributed by atoms with Crippen molar-refractivity contribution in [3.8, 4) is 0 Å². The fourth-order valence-electron chi connectivity index (χ4n) is 2.07. The molecule has 0 aromatic heterocycles. The van der Waals surface area contributed by atoms with Crippen LogP contribution in [0.1, 0.15) is 67.2 Å². The molecule has 116 valence electrons. The number of hydrogen-bond donors (Lipinski definition) is 1. The maximum atomic E-state index is 11.4. The predicted molar refractivity (Wildman–Crippen MR) is 88.7 cm³/mol. The third kappa shape index (κ3) is 12.0. The van der Waals surface area contributed by atoms with Gasteiger partial charge < -0.3 is 5.32 Å². The topological polar surface area (TPSA) is 29.1 Å². The Morgan fingerprint density at radius 2 is 1.95 bits per heavy atom. The smallest absolute Gasteiger partial charge is 0.244 e. The van der Waals surface area contributed by atoms with Crippen LogP contribution in [-0.2, 0) is 4.79 Å². The van der Waals surface area contributed by atoms with E-state index in [9.17, 15) is 4.79 Å². The van der Waals surface area contributed by atoms with E-state index in [0.717, 1.165) is 12.0 Å². The fraction of sp³-hybridized carbons (Fsp3) is 0.722. The van der Waals surface area contributed by atoms with Gasteiger partial charge in [0.15, 0.2) is 0 Å². The van der Waals surface area contributed by atoms with Crippen LogP contribution in [0.15, 0.2) is 23.8 Å². The molecule has 0 spiro atoms. The second-order valence-electron chi connectivity index (χ2n) is 6.98. The highest BCUT2D eigenvalue weighted by Gasteiger charge is 2.10. The average molecular weight is 279 g/mol. The summed E-state index contributed by atoms with van der Waals surface area (Å²) in [6, 6.07) is 0. The molecule has 2 heteroatoms. The number of nitrogens with one attached hydrogen (secondary N) is 1. The van der Waals surface area contributed by atoms with Crippen LogP contribution < -0.4 is 5.32 Å². The van der Waals surface area contributed by atoms with Crippen molar-refractivity contribution in [3.63, 3.8) is 0 Å². The van der Waals surface area contributed by atoms with Gasteiger partial charge >= 0.3 is 0 Å². The van der Waals surface area contributed by atoms with Crippen LogP contribution in [0.2, 0.25) is 0 Å². The molecule has 0 bridgehead atoms. The molecule has 0 aromatic rings. The zero-order valence-electron chi connectivity index (χ0n) is 14.3. The van der Waals surface area contributed by atoms with Crippen LogP contribution in [0.25, 0.3) is 0 Å². The van der Waals surface area contributed by atoms with E-state index >= 15 is 0 Å². The molecule has 0 heterocycles. The van der Waals surface area contributed by atoms with Crippen molar-refractivity contribution in [2.45, 2.75) is 67.2 Å². The molecule has 1 atom stereocenters. The highest BCUT2D eigenvalue weighted by molar-refractivity contribution is 5.88. The van der Waals surface area contributed by atoms with Crippen LogP contribution in [0.4, 0.5) is 0 Å². The molecule has 0 saturated carbocycles. The van der Waals surface area contributed by atoms with E-state index in [1.807, 2.05) is 13.8 Å². The number of allylic oxidation sites excluding steroid dienone is 3. The molecule has 0 aliphatic carbocycles. The maximum Gasteiger partial charge on any atom is 0.244 e. The van der Waals surface area contributed by atoms with Crippen LogP contribution >= 0.6 is 0 Å². The molecule has 0 aliphatic rings. The third-order valence-corrected chi connectivity index (χ3v) is 3.25. The van der Waals surface area contributed by atoms with Gasteiger partial charge in [-0.3, -0.25) is 4.79 Å². The quantitative estimate of drug-likeness (QED) is 0.498. The standard InChI is InChI=1S/C18H33NO/c1-7-19-17(20)14-16(3)11-8-10-15(2)12-9-13-18(4,5)6/h8,11,14-15H,7,9-10,12-13H2,1-6H3,(H,19,20)/b11-8+,16-14+. The van der Waals surface area contributed by atoms with Crippen molar-refractivity contribution < 1.29 is 4.79 Å². The molecule has 1 N–H and O–H groups in total. The second-order valence-corrected chi connectivity index (χ2v) is 6.98. The van der Waals surface area contributed by atoms with Gasteiger partial charge in [0.05, 0.1) is 0 Å². The van der Waals surface area contributed by atoms with E-state index < -0.39 is 0 Å². The Labute approximate surface area is 125 Å². The Kier molecular flexibility index (Phi) is 9.28. The van der Waals surface area contributed by atoms with Gasteiger partial charge in [0.1, 0.15) is 0 Å². The summed E-state index contributed by atoms with van der Waals surface area (Å²) in [4.78, 5) is 11.4. The van der Waals surface area contributed by atoms with Crippen LogP contribution in [0.3, 0.4) is 0 Å². The lowest BCUT2D eigenvalue weighted by molar-refractivity contribution is -0.116. The van der Waals surface area contributed by atoms with E-state index in [0.29, 0.717) is 17.9 Å². The van der Waals surface area contributed by atoms with Gasteiger partial charge in [0.25, 0.3) is 0 Å². The average Bonchev–Trinajstić information content (AvgIpc) is 2.27. The van der Waals surface area contributed by atoms with Crippen LogP contribution in [0.5, 0.6) is 0 Å². The van der Waals surface area contributed by atoms with E-state index in [1.165, 1.54) is 19.3 Å². The van der Waals surface area contributed by atoms with E-state index in [1.54, 1.807) is 6.08 Å². The molecule has 0 aliphatic heterocycles. The van der Waals surface area contributed by atoms with Gasteiger partial charge in [-0.15, -0.1) is 0 Å². The van der Waals surface area contributed by atoms with Crippen LogP contribution in [0, 0.1) is 11.3 Å². The van der Waals surface area contributed by atoms with Gasteiger partial charge in [-0.1, -0.05) is 52.7 Å². The predicted octanol–water partition coefficient (Wildman–Crippen LogP) is 4.87. The minimum Gasteiger partial charge on any atom is -0.353 e. The molecule has 0 rings (SSSR count). The summed E-state index contributed by atoms with van der Waals surface area (Å²) in [5.74, 6) is 0.707. The van der Waals surface area contributed by atoms with E-state index in [2.05, 4.69) is 45.2 Å². The lowest BCUT2D eigenvalue weighted by Gasteiger charge is -2.18. The zero-order chi connectivity index (χ0) is 15.6. The Balaban J connectivity index is 3.96. The first kappa shape index (κ1) is 18.9. The van der Waals surface area contributed by atoms with Crippen molar-refractivity contribution in [2.24, 2.45) is 11.3 Å². The Bertz CT molecular complexity index is 334. The molecule has 0 radical (unpaired) electrons. The SMILES string of the molecule is CCNC(=O)/C=C(C)/C=C/CC(C)CCCC(C)(C)C. The number of hydrogen-bond acceptors (Lipinski definition) is 1. The van der Waals surface area contributed by atoms with Crippen molar-refractivity contribution in [1.29, 1.82) is 0 Å². The Morgan fingerprint density at radius 1 is 1.30 bits per heavy atom. The molecular formula is C18H33NO. The number of carbonyl (C=O) groups excluding carboxylic acids is 1. The molecule has 0 fully saturated rings. The van der Waals surface area contributed by atoms with Gasteiger partial charge in [-0.05, 0) is 43.6 Å². The van der Waals surface area contributed by atoms with Crippen molar-refractivity contribution in [2.75, 3.05) is 6.54 Å². The van der Waals surface area contributed by atoms with Gasteiger partial charge in [-0.2, -0.15) is 0 Å². The molecule has 20 heavy (non-hydrogen) atoms. The molecular weight excluding hydrogens is 246 g/mol. The van der Waals surface area contributed by atoms with Crippen LogP contribution in [-0.4, -0.2) is 12.5 Å². The van der Waals surface area contributed by atoms with Crippen molar-refractivity contribution >= 4 is 5.91 Å². The molecule has 1 amide bonds. The normalized spacial score (nSPS) is 14.6. The van der Waals surface area contributed by atoms with Crippen molar-refractivity contribution in [1.82, 2.24) is 5.32 Å². The summed E-state index contributed by atoms with van der Waals surface area (Å²) in [5.41, 5.74) is 1.46. The molecule has 2 nitrogen and oxygen atoms in total. The molecule has 0 saturated heterocycles. The van der Waals surface area contributed by atoms with Gasteiger partial charge in [-0.25, -0.2) is 0 Å². The van der Waals surface area contributed by atoms with Crippen molar-refractivity contribution in [3.05, 3.63) is 23.8 Å². The number of carbonyl (C=O) groups is 1. The third-order valence-electron chi connectivity index (χ3n) is 3.25.